The molecule has 4 nitrogen and oxygen atoms in total. The van der Waals surface area contributed by atoms with Crippen LogP contribution in [0.2, 0.25) is 5.02 Å². The molecule has 1 saturated carbocycles. The van der Waals surface area contributed by atoms with Crippen LogP contribution >= 0.6 is 22.9 Å². The molecule has 1 aliphatic carbocycles. The van der Waals surface area contributed by atoms with E-state index >= 15 is 0 Å². The lowest BCUT2D eigenvalue weighted by Gasteiger charge is -2.25. The minimum absolute atomic E-state index is 0.135. The topological polar surface area (TPSA) is 50.4 Å². The summed E-state index contributed by atoms with van der Waals surface area (Å²) in [6, 6.07) is 2.40. The molecular weight excluding hydrogens is 308 g/mol. The van der Waals surface area contributed by atoms with Crippen LogP contribution in [0.4, 0.5) is 4.79 Å². The van der Waals surface area contributed by atoms with E-state index in [1.807, 2.05) is 32.2 Å². The monoisotopic (exact) mass is 330 g/mol. The molecule has 118 valence electrons. The van der Waals surface area contributed by atoms with Crippen LogP contribution in [0.5, 0.6) is 0 Å². The summed E-state index contributed by atoms with van der Waals surface area (Å²) >= 11 is 7.57. The zero-order valence-electron chi connectivity index (χ0n) is 12.7. The Hall–Kier alpha value is -0.780. The van der Waals surface area contributed by atoms with Gasteiger partial charge in [0.15, 0.2) is 0 Å². The number of hydrogen-bond donors (Lipinski definition) is 2. The minimum Gasteiger partial charge on any atom is -0.444 e. The average Bonchev–Trinajstić information content (AvgIpc) is 2.93. The fraction of sp³-hybridized carbons (Fsp3) is 0.667. The number of thiophene rings is 1. The first-order chi connectivity index (χ1) is 9.83. The summed E-state index contributed by atoms with van der Waals surface area (Å²) in [6.07, 6.45) is 2.84. The van der Waals surface area contributed by atoms with Crippen molar-refractivity contribution in [2.75, 3.05) is 0 Å². The van der Waals surface area contributed by atoms with Crippen molar-refractivity contribution < 1.29 is 9.53 Å². The van der Waals surface area contributed by atoms with Crippen LogP contribution in [-0.2, 0) is 11.3 Å². The number of nitrogens with one attached hydrogen (secondary N) is 2. The van der Waals surface area contributed by atoms with Gasteiger partial charge in [0.1, 0.15) is 5.60 Å². The highest BCUT2D eigenvalue weighted by Gasteiger charge is 2.29. The second-order valence-electron chi connectivity index (χ2n) is 6.40. The highest BCUT2D eigenvalue weighted by atomic mass is 35.5. The molecule has 0 bridgehead atoms. The summed E-state index contributed by atoms with van der Waals surface area (Å²) in [5.41, 5.74) is -0.459. The molecule has 2 unspecified atom stereocenters. The molecule has 1 aromatic rings. The largest absolute Gasteiger partial charge is 0.444 e. The highest BCUT2D eigenvalue weighted by Crippen LogP contribution is 2.22. The molecule has 1 aromatic heterocycles. The third kappa shape index (κ3) is 5.49. The Morgan fingerprint density at radius 2 is 2.14 bits per heavy atom. The first-order valence-electron chi connectivity index (χ1n) is 7.29. The van der Waals surface area contributed by atoms with E-state index in [2.05, 4.69) is 10.6 Å². The number of halogens is 1. The summed E-state index contributed by atoms with van der Waals surface area (Å²) < 4.78 is 5.32. The number of carbonyl (C=O) groups excluding carboxylic acids is 1. The van der Waals surface area contributed by atoms with Crippen molar-refractivity contribution in [1.29, 1.82) is 0 Å². The molecule has 2 N–H and O–H groups in total. The van der Waals surface area contributed by atoms with Gasteiger partial charge in [0.05, 0.1) is 5.02 Å². The third-order valence-corrected chi connectivity index (χ3v) is 4.66. The van der Waals surface area contributed by atoms with Crippen molar-refractivity contribution in [2.45, 2.75) is 64.3 Å². The third-order valence-electron chi connectivity index (χ3n) is 3.38. The van der Waals surface area contributed by atoms with Crippen LogP contribution in [0.25, 0.3) is 0 Å². The molecule has 0 saturated heterocycles. The first-order valence-corrected chi connectivity index (χ1v) is 8.55. The quantitative estimate of drug-likeness (QED) is 0.879. The van der Waals surface area contributed by atoms with Gasteiger partial charge in [0, 0.05) is 28.9 Å². The van der Waals surface area contributed by atoms with Gasteiger partial charge in [0.25, 0.3) is 0 Å². The fourth-order valence-electron chi connectivity index (χ4n) is 2.51. The Kier molecular flexibility index (Phi) is 5.52. The molecule has 0 radical (unpaired) electrons. The van der Waals surface area contributed by atoms with Crippen LogP contribution in [-0.4, -0.2) is 23.8 Å². The van der Waals surface area contributed by atoms with E-state index < -0.39 is 5.60 Å². The lowest BCUT2D eigenvalue weighted by Crippen LogP contribution is -2.47. The lowest BCUT2D eigenvalue weighted by molar-refractivity contribution is 0.0498. The predicted octanol–water partition coefficient (Wildman–Crippen LogP) is 3.94. The zero-order chi connectivity index (χ0) is 15.5. The first kappa shape index (κ1) is 16.6. The van der Waals surface area contributed by atoms with E-state index in [1.54, 1.807) is 11.3 Å². The maximum Gasteiger partial charge on any atom is 0.407 e. The van der Waals surface area contributed by atoms with E-state index in [1.165, 1.54) is 4.88 Å². The summed E-state index contributed by atoms with van der Waals surface area (Å²) in [6.45, 7) is 6.40. The molecule has 1 amide bonds. The maximum atomic E-state index is 11.9. The molecule has 1 heterocycles. The number of amides is 1. The average molecular weight is 331 g/mol. The van der Waals surface area contributed by atoms with Crippen LogP contribution in [0, 0.1) is 0 Å². The Morgan fingerprint density at radius 1 is 1.43 bits per heavy atom. The normalized spacial score (nSPS) is 22.3. The zero-order valence-corrected chi connectivity index (χ0v) is 14.3. The molecule has 2 rings (SSSR count). The number of alkyl carbamates (subject to hydrolysis) is 1. The van der Waals surface area contributed by atoms with Crippen molar-refractivity contribution in [3.05, 3.63) is 21.3 Å². The fourth-order valence-corrected chi connectivity index (χ4v) is 3.54. The Labute approximate surface area is 135 Å². The van der Waals surface area contributed by atoms with Gasteiger partial charge in [-0.1, -0.05) is 11.6 Å². The van der Waals surface area contributed by atoms with Gasteiger partial charge in [-0.15, -0.1) is 11.3 Å². The van der Waals surface area contributed by atoms with Gasteiger partial charge < -0.3 is 15.4 Å². The number of ether oxygens (including phenoxy) is 1. The Bertz CT molecular complexity index is 484. The van der Waals surface area contributed by atoms with Gasteiger partial charge in [-0.3, -0.25) is 0 Å². The predicted molar refractivity (Wildman–Crippen MR) is 87.0 cm³/mol. The van der Waals surface area contributed by atoms with Crippen molar-refractivity contribution in [2.24, 2.45) is 0 Å². The van der Waals surface area contributed by atoms with E-state index in [0.29, 0.717) is 6.04 Å². The van der Waals surface area contributed by atoms with Crippen molar-refractivity contribution >= 4 is 29.0 Å². The summed E-state index contributed by atoms with van der Waals surface area (Å²) in [7, 11) is 0. The van der Waals surface area contributed by atoms with Crippen LogP contribution in [0.1, 0.15) is 44.9 Å². The van der Waals surface area contributed by atoms with E-state index in [0.717, 1.165) is 30.8 Å². The second-order valence-corrected chi connectivity index (χ2v) is 7.83. The molecule has 6 heteroatoms. The molecule has 1 aliphatic rings. The SMILES string of the molecule is CC(C)(C)OC(=O)NC1CCCC1NCc1cc(Cl)cs1. The smallest absolute Gasteiger partial charge is 0.407 e. The van der Waals surface area contributed by atoms with Crippen LogP contribution in [0.15, 0.2) is 11.4 Å². The van der Waals surface area contributed by atoms with E-state index in [4.69, 9.17) is 16.3 Å². The van der Waals surface area contributed by atoms with Crippen LogP contribution < -0.4 is 10.6 Å². The lowest BCUT2D eigenvalue weighted by atomic mass is 10.1. The molecule has 2 atom stereocenters. The van der Waals surface area contributed by atoms with Gasteiger partial charge in [0.2, 0.25) is 0 Å². The summed E-state index contributed by atoms with van der Waals surface area (Å²) in [5.74, 6) is 0. The van der Waals surface area contributed by atoms with Gasteiger partial charge >= 0.3 is 6.09 Å². The molecule has 0 aromatic carbocycles. The van der Waals surface area contributed by atoms with Crippen molar-refractivity contribution in [3.63, 3.8) is 0 Å². The van der Waals surface area contributed by atoms with Gasteiger partial charge in [-0.2, -0.15) is 0 Å². The Morgan fingerprint density at radius 3 is 2.76 bits per heavy atom. The van der Waals surface area contributed by atoms with E-state index in [9.17, 15) is 4.79 Å². The Balaban J connectivity index is 1.81. The van der Waals surface area contributed by atoms with Gasteiger partial charge in [-0.05, 0) is 46.1 Å². The molecule has 1 fully saturated rings. The number of carbonyl (C=O) groups is 1. The van der Waals surface area contributed by atoms with Crippen molar-refractivity contribution in [3.8, 4) is 0 Å². The van der Waals surface area contributed by atoms with Crippen molar-refractivity contribution in [1.82, 2.24) is 10.6 Å². The molecule has 21 heavy (non-hydrogen) atoms. The maximum absolute atomic E-state index is 11.9. The molecule has 0 aliphatic heterocycles. The minimum atomic E-state index is -0.459. The second kappa shape index (κ2) is 6.99. The van der Waals surface area contributed by atoms with Gasteiger partial charge in [-0.25, -0.2) is 4.79 Å². The van der Waals surface area contributed by atoms with E-state index in [-0.39, 0.29) is 12.1 Å². The summed E-state index contributed by atoms with van der Waals surface area (Å²) in [5, 5.41) is 9.21. The number of hydrogen-bond acceptors (Lipinski definition) is 4. The standard InChI is InChI=1S/C15H23ClN2O2S/c1-15(2,3)20-14(19)18-13-6-4-5-12(13)17-8-11-7-10(16)9-21-11/h7,9,12-13,17H,4-6,8H2,1-3H3,(H,18,19). The molecule has 0 spiro atoms. The summed E-state index contributed by atoms with van der Waals surface area (Å²) in [4.78, 5) is 13.1. The number of rotatable bonds is 4. The highest BCUT2D eigenvalue weighted by molar-refractivity contribution is 7.10. The molecular formula is C15H23ClN2O2S. The van der Waals surface area contributed by atoms with Crippen LogP contribution in [0.3, 0.4) is 0 Å².